The lowest BCUT2D eigenvalue weighted by Crippen LogP contribution is -2.42. The predicted molar refractivity (Wildman–Crippen MR) is 77.9 cm³/mol. The van der Waals surface area contributed by atoms with Gasteiger partial charge in [0.25, 0.3) is 0 Å². The first-order chi connectivity index (χ1) is 10.9. The van der Waals surface area contributed by atoms with Crippen LogP contribution in [0.1, 0.15) is 37.4 Å². The van der Waals surface area contributed by atoms with Gasteiger partial charge in [0.05, 0.1) is 30.5 Å². The second kappa shape index (κ2) is 6.43. The van der Waals surface area contributed by atoms with E-state index in [2.05, 4.69) is 15.3 Å². The van der Waals surface area contributed by atoms with Gasteiger partial charge in [-0.2, -0.15) is 13.2 Å². The quantitative estimate of drug-likeness (QED) is 0.923. The van der Waals surface area contributed by atoms with Crippen LogP contribution in [0.15, 0.2) is 12.4 Å². The molecule has 2 aliphatic rings. The lowest BCUT2D eigenvalue weighted by atomic mass is 9.96. The zero-order valence-electron chi connectivity index (χ0n) is 12.6. The van der Waals surface area contributed by atoms with E-state index >= 15 is 0 Å². The highest BCUT2D eigenvalue weighted by atomic mass is 19.4. The molecule has 5 nitrogen and oxygen atoms in total. The van der Waals surface area contributed by atoms with Crippen LogP contribution in [0.4, 0.5) is 18.9 Å². The van der Waals surface area contributed by atoms with Crippen LogP contribution in [0.25, 0.3) is 0 Å². The molecule has 0 spiro atoms. The third-order valence-corrected chi connectivity index (χ3v) is 4.32. The molecule has 8 heteroatoms. The number of halogens is 3. The van der Waals surface area contributed by atoms with Crippen molar-refractivity contribution in [3.05, 3.63) is 18.2 Å². The number of anilines is 1. The summed E-state index contributed by atoms with van der Waals surface area (Å²) in [7, 11) is 0. The lowest BCUT2D eigenvalue weighted by molar-refractivity contribution is -0.184. The van der Waals surface area contributed by atoms with Gasteiger partial charge in [-0.15, -0.1) is 0 Å². The number of hydrogen-bond acceptors (Lipinski definition) is 4. The van der Waals surface area contributed by atoms with Gasteiger partial charge in [0, 0.05) is 5.92 Å². The van der Waals surface area contributed by atoms with Gasteiger partial charge in [0.15, 0.2) is 0 Å². The molecule has 0 unspecified atom stereocenters. The van der Waals surface area contributed by atoms with Crippen molar-refractivity contribution in [1.82, 2.24) is 14.9 Å². The highest BCUT2D eigenvalue weighted by Gasteiger charge is 2.41. The molecule has 0 atom stereocenters. The van der Waals surface area contributed by atoms with Crippen molar-refractivity contribution in [1.29, 1.82) is 0 Å². The molecule has 1 amide bonds. The van der Waals surface area contributed by atoms with E-state index in [9.17, 15) is 18.0 Å². The first-order valence-corrected chi connectivity index (χ1v) is 7.82. The second-order valence-corrected chi connectivity index (χ2v) is 6.24. The number of carbonyl (C=O) groups excluding carboxylic acids is 1. The molecule has 0 bridgehead atoms. The summed E-state index contributed by atoms with van der Waals surface area (Å²) in [6.45, 7) is 0.665. The Labute approximate surface area is 132 Å². The molecule has 1 aromatic rings. The van der Waals surface area contributed by atoms with E-state index < -0.39 is 12.1 Å². The van der Waals surface area contributed by atoms with E-state index in [4.69, 9.17) is 0 Å². The van der Waals surface area contributed by atoms with Crippen LogP contribution in [-0.4, -0.2) is 46.6 Å². The van der Waals surface area contributed by atoms with E-state index in [0.29, 0.717) is 11.6 Å². The minimum Gasteiger partial charge on any atom is -0.322 e. The first kappa shape index (κ1) is 16.2. The van der Waals surface area contributed by atoms with Crippen LogP contribution in [-0.2, 0) is 4.79 Å². The molecule has 2 heterocycles. The Hall–Kier alpha value is -1.70. The average Bonchev–Trinajstić information content (AvgIpc) is 3.32. The zero-order valence-corrected chi connectivity index (χ0v) is 12.6. The van der Waals surface area contributed by atoms with Crippen molar-refractivity contribution >= 4 is 11.6 Å². The predicted octanol–water partition coefficient (Wildman–Crippen LogP) is 2.57. The molecule has 1 N–H and O–H groups in total. The number of piperidine rings is 1. The molecule has 3 rings (SSSR count). The van der Waals surface area contributed by atoms with Gasteiger partial charge in [-0.05, 0) is 38.8 Å². The fourth-order valence-corrected chi connectivity index (χ4v) is 2.78. The molecule has 1 aromatic heterocycles. The summed E-state index contributed by atoms with van der Waals surface area (Å²) in [5.74, 6) is -0.240. The second-order valence-electron chi connectivity index (χ2n) is 6.24. The van der Waals surface area contributed by atoms with Gasteiger partial charge < -0.3 is 5.32 Å². The summed E-state index contributed by atoms with van der Waals surface area (Å²) in [4.78, 5) is 22.1. The molecule has 0 aromatic carbocycles. The van der Waals surface area contributed by atoms with Crippen molar-refractivity contribution < 1.29 is 18.0 Å². The molecule has 2 fully saturated rings. The van der Waals surface area contributed by atoms with E-state index in [1.165, 1.54) is 0 Å². The average molecular weight is 328 g/mol. The summed E-state index contributed by atoms with van der Waals surface area (Å²) < 4.78 is 37.8. The Kier molecular flexibility index (Phi) is 4.52. The van der Waals surface area contributed by atoms with Crippen molar-refractivity contribution in [2.24, 2.45) is 5.92 Å². The maximum atomic E-state index is 12.6. The number of rotatable bonds is 4. The molecular weight excluding hydrogens is 309 g/mol. The highest BCUT2D eigenvalue weighted by Crippen LogP contribution is 2.37. The summed E-state index contributed by atoms with van der Waals surface area (Å²) in [6.07, 6.45) is 1.35. The first-order valence-electron chi connectivity index (χ1n) is 7.82. The summed E-state index contributed by atoms with van der Waals surface area (Å²) >= 11 is 0. The topological polar surface area (TPSA) is 58.1 Å². The van der Waals surface area contributed by atoms with Gasteiger partial charge in [-0.1, -0.05) is 0 Å². The maximum Gasteiger partial charge on any atom is 0.391 e. The molecule has 1 saturated carbocycles. The monoisotopic (exact) mass is 328 g/mol. The Morgan fingerprint density at radius 1 is 1.17 bits per heavy atom. The Balaban J connectivity index is 1.44. The summed E-state index contributed by atoms with van der Waals surface area (Å²) in [5, 5.41) is 2.69. The van der Waals surface area contributed by atoms with Crippen LogP contribution in [0.3, 0.4) is 0 Å². The largest absolute Gasteiger partial charge is 0.391 e. The number of amides is 1. The Morgan fingerprint density at radius 3 is 2.30 bits per heavy atom. The van der Waals surface area contributed by atoms with Gasteiger partial charge in [-0.25, -0.2) is 9.97 Å². The van der Waals surface area contributed by atoms with Crippen LogP contribution < -0.4 is 5.32 Å². The Bertz CT molecular complexity index is 549. The molecule has 23 heavy (non-hydrogen) atoms. The minimum absolute atomic E-state index is 0.0516. The van der Waals surface area contributed by atoms with Crippen LogP contribution in [0.2, 0.25) is 0 Å². The fourth-order valence-electron chi connectivity index (χ4n) is 2.78. The molecular formula is C15H19F3N4O. The van der Waals surface area contributed by atoms with Gasteiger partial charge >= 0.3 is 6.18 Å². The van der Waals surface area contributed by atoms with E-state index in [-0.39, 0.29) is 38.4 Å². The van der Waals surface area contributed by atoms with Crippen LogP contribution in [0.5, 0.6) is 0 Å². The smallest absolute Gasteiger partial charge is 0.322 e. The molecule has 1 aliphatic heterocycles. The molecule has 1 aliphatic carbocycles. The zero-order chi connectivity index (χ0) is 16.4. The van der Waals surface area contributed by atoms with Gasteiger partial charge in [0.2, 0.25) is 5.91 Å². The molecule has 0 radical (unpaired) electrons. The lowest BCUT2D eigenvalue weighted by Gasteiger charge is -2.32. The number of carbonyl (C=O) groups is 1. The third-order valence-electron chi connectivity index (χ3n) is 4.32. The van der Waals surface area contributed by atoms with Gasteiger partial charge in [0.1, 0.15) is 5.82 Å². The molecule has 126 valence electrons. The highest BCUT2D eigenvalue weighted by molar-refractivity contribution is 5.91. The number of nitrogens with zero attached hydrogens (tertiary/aromatic N) is 3. The third kappa shape index (κ3) is 4.40. The van der Waals surface area contributed by atoms with Crippen LogP contribution >= 0.6 is 0 Å². The SMILES string of the molecule is O=C(CN1CCC(C(F)(F)F)CC1)Nc1cnc(C2CC2)nc1. The number of hydrogen-bond donors (Lipinski definition) is 1. The molecule has 1 saturated heterocycles. The van der Waals surface area contributed by atoms with E-state index in [0.717, 1.165) is 18.7 Å². The standard InChI is InChI=1S/C15H19F3N4O/c16-15(17,18)11-3-5-22(6-4-11)9-13(23)21-12-7-19-14(20-8-12)10-1-2-10/h7-8,10-11H,1-6,9H2,(H,21,23). The van der Waals surface area contributed by atoms with Crippen LogP contribution in [0, 0.1) is 5.92 Å². The van der Waals surface area contributed by atoms with E-state index in [1.54, 1.807) is 17.3 Å². The minimum atomic E-state index is -4.13. The maximum absolute atomic E-state index is 12.6. The fraction of sp³-hybridized carbons (Fsp3) is 0.667. The Morgan fingerprint density at radius 2 is 1.78 bits per heavy atom. The number of nitrogens with one attached hydrogen (secondary N) is 1. The summed E-state index contributed by atoms with van der Waals surface area (Å²) in [5.41, 5.74) is 0.518. The van der Waals surface area contributed by atoms with Crippen molar-refractivity contribution in [2.75, 3.05) is 25.0 Å². The van der Waals surface area contributed by atoms with E-state index in [1.807, 2.05) is 0 Å². The number of aromatic nitrogens is 2. The summed E-state index contributed by atoms with van der Waals surface area (Å²) in [6, 6.07) is 0. The number of likely N-dealkylation sites (tertiary alicyclic amines) is 1. The van der Waals surface area contributed by atoms with Crippen molar-refractivity contribution in [3.63, 3.8) is 0 Å². The van der Waals surface area contributed by atoms with Crippen molar-refractivity contribution in [3.8, 4) is 0 Å². The van der Waals surface area contributed by atoms with Gasteiger partial charge in [-0.3, -0.25) is 9.69 Å². The van der Waals surface area contributed by atoms with Crippen molar-refractivity contribution in [2.45, 2.75) is 37.8 Å². The normalized spacial score (nSPS) is 20.5. The number of alkyl halides is 3.